The molecule has 1 heterocycles. The summed E-state index contributed by atoms with van der Waals surface area (Å²) in [5.74, 6) is 0.731. The second kappa shape index (κ2) is 4.61. The fourth-order valence-electron chi connectivity index (χ4n) is 1.96. The molecule has 1 saturated heterocycles. The zero-order chi connectivity index (χ0) is 12.4. The van der Waals surface area contributed by atoms with Gasteiger partial charge in [-0.1, -0.05) is 12.1 Å². The third-order valence-electron chi connectivity index (χ3n) is 3.04. The summed E-state index contributed by atoms with van der Waals surface area (Å²) in [4.78, 5) is 11.9. The molecule has 0 aromatic heterocycles. The molecule has 0 spiro atoms. The average Bonchev–Trinajstić information content (AvgIpc) is 2.33. The van der Waals surface area contributed by atoms with Gasteiger partial charge in [-0.15, -0.1) is 0 Å². The Morgan fingerprint density at radius 2 is 2.18 bits per heavy atom. The topological polar surface area (TPSA) is 49.8 Å². The Bertz CT molecular complexity index is 407. The van der Waals surface area contributed by atoms with E-state index in [9.17, 15) is 9.18 Å². The van der Waals surface area contributed by atoms with Crippen LogP contribution in [0.4, 0.5) is 9.18 Å². The van der Waals surface area contributed by atoms with Crippen LogP contribution in [0, 0.1) is 0 Å². The van der Waals surface area contributed by atoms with Gasteiger partial charge in [-0.2, -0.15) is 0 Å². The first-order chi connectivity index (χ1) is 8.11. The maximum atomic E-state index is 13.3. The molecule has 5 heteroatoms. The monoisotopic (exact) mass is 239 g/mol. The van der Waals surface area contributed by atoms with E-state index in [0.717, 1.165) is 16.2 Å². The molecule has 17 heavy (non-hydrogen) atoms. The summed E-state index contributed by atoms with van der Waals surface area (Å²) < 4.78 is 18.3. The Morgan fingerprint density at radius 1 is 1.53 bits per heavy atom. The fourth-order valence-corrected chi connectivity index (χ4v) is 1.96. The van der Waals surface area contributed by atoms with Crippen molar-refractivity contribution in [3.63, 3.8) is 0 Å². The van der Waals surface area contributed by atoms with Crippen LogP contribution in [0.1, 0.15) is 5.56 Å². The van der Waals surface area contributed by atoms with Gasteiger partial charge in [0.1, 0.15) is 11.9 Å². The first kappa shape index (κ1) is 11.7. The lowest BCUT2D eigenvalue weighted by Gasteiger charge is -2.42. The number of alkyl halides is 1. The minimum atomic E-state index is -1.06. The largest absolute Gasteiger partial charge is 0.497 e. The van der Waals surface area contributed by atoms with Gasteiger partial charge in [0.25, 0.3) is 0 Å². The number of carbonyl (C=O) groups is 1. The minimum absolute atomic E-state index is 0.0177. The molecule has 1 aliphatic heterocycles. The second-order valence-corrected chi connectivity index (χ2v) is 4.07. The maximum absolute atomic E-state index is 13.3. The van der Waals surface area contributed by atoms with Crippen LogP contribution >= 0.6 is 0 Å². The molecule has 1 aliphatic rings. The van der Waals surface area contributed by atoms with Crippen LogP contribution in [-0.4, -0.2) is 42.0 Å². The van der Waals surface area contributed by atoms with Gasteiger partial charge in [-0.05, 0) is 24.1 Å². The predicted molar refractivity (Wildman–Crippen MR) is 60.1 cm³/mol. The normalized spacial score (nSPS) is 23.1. The minimum Gasteiger partial charge on any atom is -0.497 e. The van der Waals surface area contributed by atoms with Crippen LogP contribution in [-0.2, 0) is 6.42 Å². The molecule has 0 unspecified atom stereocenters. The van der Waals surface area contributed by atoms with E-state index in [1.165, 1.54) is 0 Å². The average molecular weight is 239 g/mol. The number of hydrogen-bond acceptors (Lipinski definition) is 2. The lowest BCUT2D eigenvalue weighted by molar-refractivity contribution is 0.00242. The van der Waals surface area contributed by atoms with E-state index < -0.39 is 18.3 Å². The predicted octanol–water partition coefficient (Wildman–Crippen LogP) is 1.94. The van der Waals surface area contributed by atoms with Crippen molar-refractivity contribution in [1.82, 2.24) is 4.90 Å². The highest BCUT2D eigenvalue weighted by Crippen LogP contribution is 2.25. The Labute approximate surface area is 98.6 Å². The van der Waals surface area contributed by atoms with Crippen molar-refractivity contribution in [2.24, 2.45) is 0 Å². The summed E-state index contributed by atoms with van der Waals surface area (Å²) >= 11 is 0. The third-order valence-corrected chi connectivity index (χ3v) is 3.04. The first-order valence-electron chi connectivity index (χ1n) is 5.38. The number of methoxy groups -OCH3 is 1. The molecule has 4 nitrogen and oxygen atoms in total. The number of nitrogens with zero attached hydrogens (tertiary/aromatic N) is 1. The van der Waals surface area contributed by atoms with Gasteiger partial charge < -0.3 is 9.84 Å². The quantitative estimate of drug-likeness (QED) is 0.876. The molecule has 2 atom stereocenters. The Balaban J connectivity index is 2.02. The molecular formula is C12H14FNO3. The number of halogens is 1. The van der Waals surface area contributed by atoms with E-state index >= 15 is 0 Å². The molecule has 1 N–H and O–H groups in total. The Kier molecular flexibility index (Phi) is 3.17. The molecule has 92 valence electrons. The van der Waals surface area contributed by atoms with E-state index in [1.807, 2.05) is 12.1 Å². The molecule has 2 rings (SSSR count). The standard InChI is InChI=1S/C12H14FNO3/c1-17-9-4-2-8(3-5-9)6-11-10(13)7-14(11)12(15)16/h2-5,10-11H,6-7H2,1H3,(H,15,16)/t10-,11+/m0/s1. The summed E-state index contributed by atoms with van der Waals surface area (Å²) in [5.41, 5.74) is 0.907. The SMILES string of the molecule is COc1ccc(C[C@@H]2[C@@H](F)CN2C(=O)O)cc1. The fraction of sp³-hybridized carbons (Fsp3) is 0.417. The Hall–Kier alpha value is -1.78. The van der Waals surface area contributed by atoms with Crippen molar-refractivity contribution in [3.05, 3.63) is 29.8 Å². The van der Waals surface area contributed by atoms with Crippen molar-refractivity contribution in [3.8, 4) is 5.75 Å². The molecule has 1 aromatic carbocycles. The van der Waals surface area contributed by atoms with Crippen molar-refractivity contribution in [2.75, 3.05) is 13.7 Å². The number of benzene rings is 1. The molecule has 1 fully saturated rings. The molecule has 0 saturated carbocycles. The molecule has 0 bridgehead atoms. The van der Waals surface area contributed by atoms with Crippen molar-refractivity contribution >= 4 is 6.09 Å². The zero-order valence-corrected chi connectivity index (χ0v) is 9.47. The van der Waals surface area contributed by atoms with Crippen molar-refractivity contribution < 1.29 is 19.0 Å². The maximum Gasteiger partial charge on any atom is 0.407 e. The lowest BCUT2D eigenvalue weighted by atomic mass is 9.94. The first-order valence-corrected chi connectivity index (χ1v) is 5.38. The molecule has 1 aromatic rings. The van der Waals surface area contributed by atoms with Gasteiger partial charge in [-0.25, -0.2) is 9.18 Å². The van der Waals surface area contributed by atoms with Crippen LogP contribution in [0.15, 0.2) is 24.3 Å². The van der Waals surface area contributed by atoms with E-state index in [2.05, 4.69) is 0 Å². The van der Waals surface area contributed by atoms with E-state index in [4.69, 9.17) is 9.84 Å². The molecule has 0 aliphatic carbocycles. The second-order valence-electron chi connectivity index (χ2n) is 4.07. The smallest absolute Gasteiger partial charge is 0.407 e. The summed E-state index contributed by atoms with van der Waals surface area (Å²) in [5, 5.41) is 8.82. The van der Waals surface area contributed by atoms with Gasteiger partial charge >= 0.3 is 6.09 Å². The number of rotatable bonds is 3. The summed E-state index contributed by atoms with van der Waals surface area (Å²) in [7, 11) is 1.57. The van der Waals surface area contributed by atoms with Gasteiger partial charge in [0.2, 0.25) is 0 Å². The molecular weight excluding hydrogens is 225 g/mol. The van der Waals surface area contributed by atoms with Crippen LogP contribution in [0.25, 0.3) is 0 Å². The van der Waals surface area contributed by atoms with Crippen LogP contribution in [0.5, 0.6) is 5.75 Å². The highest BCUT2D eigenvalue weighted by molar-refractivity contribution is 5.67. The number of likely N-dealkylation sites (tertiary alicyclic amines) is 1. The summed E-state index contributed by atoms with van der Waals surface area (Å²) in [6.45, 7) is -0.0177. The highest BCUT2D eigenvalue weighted by atomic mass is 19.1. The number of ether oxygens (including phenoxy) is 1. The number of amides is 1. The third kappa shape index (κ3) is 2.33. The highest BCUT2D eigenvalue weighted by Gasteiger charge is 2.42. The van der Waals surface area contributed by atoms with Gasteiger partial charge in [0.05, 0.1) is 19.7 Å². The lowest BCUT2D eigenvalue weighted by Crippen LogP contribution is -2.60. The summed E-state index contributed by atoms with van der Waals surface area (Å²) in [6.07, 6.45) is -1.72. The molecule has 0 radical (unpaired) electrons. The van der Waals surface area contributed by atoms with Crippen LogP contribution in [0.2, 0.25) is 0 Å². The Morgan fingerprint density at radius 3 is 2.65 bits per heavy atom. The summed E-state index contributed by atoms with van der Waals surface area (Å²) in [6, 6.07) is 6.66. The van der Waals surface area contributed by atoms with Crippen molar-refractivity contribution in [1.29, 1.82) is 0 Å². The van der Waals surface area contributed by atoms with Crippen LogP contribution in [0.3, 0.4) is 0 Å². The van der Waals surface area contributed by atoms with E-state index in [1.54, 1.807) is 19.2 Å². The van der Waals surface area contributed by atoms with E-state index in [0.29, 0.717) is 6.42 Å². The zero-order valence-electron chi connectivity index (χ0n) is 9.47. The van der Waals surface area contributed by atoms with Gasteiger partial charge in [0.15, 0.2) is 0 Å². The van der Waals surface area contributed by atoms with Crippen molar-refractivity contribution in [2.45, 2.75) is 18.6 Å². The van der Waals surface area contributed by atoms with E-state index in [-0.39, 0.29) is 6.54 Å². The number of hydrogen-bond donors (Lipinski definition) is 1. The molecule has 1 amide bonds. The van der Waals surface area contributed by atoms with Gasteiger partial charge in [-0.3, -0.25) is 4.90 Å². The van der Waals surface area contributed by atoms with Crippen LogP contribution < -0.4 is 4.74 Å². The van der Waals surface area contributed by atoms with Gasteiger partial charge in [0, 0.05) is 0 Å². The number of carboxylic acid groups (broad SMARTS) is 1.